The third kappa shape index (κ3) is 0.920. The lowest BCUT2D eigenvalue weighted by Gasteiger charge is -2.04. The van der Waals surface area contributed by atoms with Gasteiger partial charge in [-0.3, -0.25) is 0 Å². The topological polar surface area (TPSA) is 9.23 Å². The van der Waals surface area contributed by atoms with Crippen molar-refractivity contribution in [1.29, 1.82) is 0 Å². The summed E-state index contributed by atoms with van der Waals surface area (Å²) in [6.45, 7) is 6.25. The molecule has 0 bridgehead atoms. The molecule has 46 valence electrons. The fourth-order valence-corrected chi connectivity index (χ4v) is 0.974. The second-order valence-electron chi connectivity index (χ2n) is 2.39. The Morgan fingerprint density at radius 1 is 1.50 bits per heavy atom. The largest absolute Gasteiger partial charge is 0.367 e. The molecule has 0 N–H and O–H groups in total. The van der Waals surface area contributed by atoms with Crippen molar-refractivity contribution in [2.75, 3.05) is 0 Å². The Morgan fingerprint density at radius 2 is 2.12 bits per heavy atom. The van der Waals surface area contributed by atoms with Crippen LogP contribution in [0.15, 0.2) is 11.6 Å². The third-order valence-corrected chi connectivity index (χ3v) is 1.56. The van der Waals surface area contributed by atoms with Gasteiger partial charge in [0.2, 0.25) is 0 Å². The lowest BCUT2D eigenvalue weighted by Crippen LogP contribution is -2.05. The summed E-state index contributed by atoms with van der Waals surface area (Å²) < 4.78 is 5.38. The maximum atomic E-state index is 5.38. The van der Waals surface area contributed by atoms with E-state index in [0.29, 0.717) is 12.2 Å². The second-order valence-corrected chi connectivity index (χ2v) is 2.39. The minimum absolute atomic E-state index is 0.338. The first-order valence-corrected chi connectivity index (χ1v) is 3.04. The third-order valence-electron chi connectivity index (χ3n) is 1.56. The standard InChI is InChI=1S/C7H12O/c1-5-4-6(2)8-7(5)3/h4,6-7H,1-3H3. The van der Waals surface area contributed by atoms with Crippen molar-refractivity contribution in [3.8, 4) is 0 Å². The van der Waals surface area contributed by atoms with Gasteiger partial charge in [0.15, 0.2) is 0 Å². The Balaban J connectivity index is 2.59. The maximum absolute atomic E-state index is 5.38. The molecule has 0 aliphatic carbocycles. The van der Waals surface area contributed by atoms with Gasteiger partial charge in [-0.2, -0.15) is 0 Å². The predicted molar refractivity (Wildman–Crippen MR) is 33.8 cm³/mol. The first-order valence-electron chi connectivity index (χ1n) is 3.04. The van der Waals surface area contributed by atoms with Crippen molar-refractivity contribution in [2.24, 2.45) is 0 Å². The Labute approximate surface area is 50.3 Å². The van der Waals surface area contributed by atoms with E-state index in [0.717, 1.165) is 0 Å². The van der Waals surface area contributed by atoms with E-state index in [9.17, 15) is 0 Å². The smallest absolute Gasteiger partial charge is 0.0763 e. The van der Waals surface area contributed by atoms with E-state index in [-0.39, 0.29) is 0 Å². The van der Waals surface area contributed by atoms with Crippen LogP contribution in [0.2, 0.25) is 0 Å². The van der Waals surface area contributed by atoms with Crippen molar-refractivity contribution >= 4 is 0 Å². The van der Waals surface area contributed by atoms with E-state index >= 15 is 0 Å². The van der Waals surface area contributed by atoms with Gasteiger partial charge in [-0.25, -0.2) is 0 Å². The van der Waals surface area contributed by atoms with E-state index < -0.39 is 0 Å². The normalized spacial score (nSPS) is 37.6. The molecule has 0 aromatic rings. The molecule has 1 nitrogen and oxygen atoms in total. The van der Waals surface area contributed by atoms with E-state index in [1.54, 1.807) is 0 Å². The summed E-state index contributed by atoms with van der Waals surface area (Å²) in [5, 5.41) is 0. The van der Waals surface area contributed by atoms with Crippen LogP contribution in [-0.4, -0.2) is 12.2 Å². The summed E-state index contributed by atoms with van der Waals surface area (Å²) in [7, 11) is 0. The van der Waals surface area contributed by atoms with Gasteiger partial charge in [0.05, 0.1) is 12.2 Å². The monoisotopic (exact) mass is 112 g/mol. The second kappa shape index (κ2) is 1.90. The molecule has 0 amide bonds. The fraction of sp³-hybridized carbons (Fsp3) is 0.714. The minimum Gasteiger partial charge on any atom is -0.367 e. The van der Waals surface area contributed by atoms with Gasteiger partial charge in [0.25, 0.3) is 0 Å². The number of rotatable bonds is 0. The molecule has 0 saturated carbocycles. The minimum atomic E-state index is 0.338. The molecular formula is C7H12O. The highest BCUT2D eigenvalue weighted by Gasteiger charge is 2.15. The molecule has 1 heteroatoms. The van der Waals surface area contributed by atoms with Crippen LogP contribution >= 0.6 is 0 Å². The summed E-state index contributed by atoms with van der Waals surface area (Å²) in [6, 6.07) is 0. The molecule has 1 aliphatic rings. The first kappa shape index (κ1) is 5.83. The molecule has 1 rings (SSSR count). The van der Waals surface area contributed by atoms with Crippen LogP contribution in [0.5, 0.6) is 0 Å². The SMILES string of the molecule is CC1=CC(C)OC1C. The molecule has 8 heavy (non-hydrogen) atoms. The van der Waals surface area contributed by atoms with Crippen LogP contribution in [0.4, 0.5) is 0 Å². The zero-order valence-corrected chi connectivity index (χ0v) is 5.64. The lowest BCUT2D eigenvalue weighted by molar-refractivity contribution is 0.0786. The van der Waals surface area contributed by atoms with Gasteiger partial charge in [-0.05, 0) is 26.3 Å². The molecule has 0 saturated heterocycles. The summed E-state index contributed by atoms with van der Waals surface area (Å²) in [6.07, 6.45) is 2.85. The van der Waals surface area contributed by atoms with Crippen LogP contribution < -0.4 is 0 Å². The number of hydrogen-bond donors (Lipinski definition) is 0. The Morgan fingerprint density at radius 3 is 2.25 bits per heavy atom. The number of hydrogen-bond acceptors (Lipinski definition) is 1. The summed E-state index contributed by atoms with van der Waals surface area (Å²) in [5.74, 6) is 0. The van der Waals surface area contributed by atoms with Gasteiger partial charge in [0, 0.05) is 0 Å². The van der Waals surface area contributed by atoms with Gasteiger partial charge in [0.1, 0.15) is 0 Å². The molecule has 0 spiro atoms. The Bertz CT molecular complexity index is 116. The van der Waals surface area contributed by atoms with Gasteiger partial charge in [-0.1, -0.05) is 6.08 Å². The van der Waals surface area contributed by atoms with Crippen LogP contribution in [0.3, 0.4) is 0 Å². The molecule has 2 unspecified atom stereocenters. The first-order chi connectivity index (χ1) is 3.70. The van der Waals surface area contributed by atoms with Crippen LogP contribution in [-0.2, 0) is 4.74 Å². The molecule has 2 atom stereocenters. The molecule has 1 aliphatic heterocycles. The van der Waals surface area contributed by atoms with Crippen molar-refractivity contribution in [3.63, 3.8) is 0 Å². The summed E-state index contributed by atoms with van der Waals surface area (Å²) in [4.78, 5) is 0. The van der Waals surface area contributed by atoms with E-state index in [4.69, 9.17) is 4.74 Å². The van der Waals surface area contributed by atoms with Gasteiger partial charge in [-0.15, -0.1) is 0 Å². The molecule has 0 fully saturated rings. The van der Waals surface area contributed by atoms with Crippen LogP contribution in [0.25, 0.3) is 0 Å². The highest BCUT2D eigenvalue weighted by Crippen LogP contribution is 2.17. The quantitative estimate of drug-likeness (QED) is 0.434. The molecule has 1 heterocycles. The number of ether oxygens (including phenoxy) is 1. The van der Waals surface area contributed by atoms with E-state index in [1.165, 1.54) is 5.57 Å². The highest BCUT2D eigenvalue weighted by molar-refractivity contribution is 5.11. The molecule has 0 aromatic heterocycles. The van der Waals surface area contributed by atoms with Crippen molar-refractivity contribution < 1.29 is 4.74 Å². The molecule has 0 radical (unpaired) electrons. The van der Waals surface area contributed by atoms with E-state index in [2.05, 4.69) is 26.8 Å². The maximum Gasteiger partial charge on any atom is 0.0763 e. The van der Waals surface area contributed by atoms with Gasteiger partial charge < -0.3 is 4.74 Å². The van der Waals surface area contributed by atoms with Crippen molar-refractivity contribution in [1.82, 2.24) is 0 Å². The zero-order chi connectivity index (χ0) is 6.15. The van der Waals surface area contributed by atoms with Crippen LogP contribution in [0, 0.1) is 0 Å². The molecular weight excluding hydrogens is 100 g/mol. The van der Waals surface area contributed by atoms with Crippen LogP contribution in [0.1, 0.15) is 20.8 Å². The average molecular weight is 112 g/mol. The fourth-order valence-electron chi connectivity index (χ4n) is 0.974. The average Bonchev–Trinajstić information content (AvgIpc) is 1.85. The van der Waals surface area contributed by atoms with Gasteiger partial charge >= 0.3 is 0 Å². The Kier molecular flexibility index (Phi) is 1.39. The summed E-state index contributed by atoms with van der Waals surface area (Å²) in [5.41, 5.74) is 1.36. The highest BCUT2D eigenvalue weighted by atomic mass is 16.5. The zero-order valence-electron chi connectivity index (χ0n) is 5.64. The van der Waals surface area contributed by atoms with E-state index in [1.807, 2.05) is 0 Å². The lowest BCUT2D eigenvalue weighted by atomic mass is 10.2. The van der Waals surface area contributed by atoms with Crippen molar-refractivity contribution in [2.45, 2.75) is 33.0 Å². The predicted octanol–water partition coefficient (Wildman–Crippen LogP) is 1.74. The summed E-state index contributed by atoms with van der Waals surface area (Å²) >= 11 is 0. The molecule has 0 aromatic carbocycles. The Hall–Kier alpha value is -0.300. The van der Waals surface area contributed by atoms with Crippen molar-refractivity contribution in [3.05, 3.63) is 11.6 Å².